The smallest absolute Gasteiger partial charge is 0.293 e. The third-order valence-electron chi connectivity index (χ3n) is 1.39. The Bertz CT molecular complexity index is 253. The Labute approximate surface area is 97.2 Å². The molecule has 5 nitrogen and oxygen atoms in total. The second kappa shape index (κ2) is 12.2. The number of rotatable bonds is 2. The molecule has 0 aliphatic heterocycles. The zero-order valence-electron chi connectivity index (χ0n) is 9.76. The first-order valence-corrected chi connectivity index (χ1v) is 6.89. The fraction of sp³-hybridized carbons (Fsp3) is 0.700. The quantitative estimate of drug-likeness (QED) is 0.460. The highest BCUT2D eigenvalue weighted by Gasteiger charge is 1.87. The lowest BCUT2D eigenvalue weighted by Gasteiger charge is -1.97. The van der Waals surface area contributed by atoms with Crippen molar-refractivity contribution in [2.24, 2.45) is 0 Å². The molecule has 6 heteroatoms. The Hall–Kier alpha value is -0.880. The van der Waals surface area contributed by atoms with E-state index in [-0.39, 0.29) is 0 Å². The zero-order chi connectivity index (χ0) is 12.9. The molecule has 0 saturated carbocycles. The van der Waals surface area contributed by atoms with Crippen LogP contribution in [-0.2, 0) is 19.6 Å². The molecule has 0 atom stereocenters. The van der Waals surface area contributed by atoms with Crippen molar-refractivity contribution in [2.75, 3.05) is 12.9 Å². The van der Waals surface area contributed by atoms with Crippen molar-refractivity contribution >= 4 is 16.6 Å². The van der Waals surface area contributed by atoms with Gasteiger partial charge in [0.2, 0.25) is 0 Å². The molecule has 1 N–H and O–H groups in total. The van der Waals surface area contributed by atoms with Gasteiger partial charge in [-0.3, -0.25) is 9.35 Å². The monoisotopic (exact) mass is 252 g/mol. The van der Waals surface area contributed by atoms with Crippen LogP contribution in [0.2, 0.25) is 0 Å². The van der Waals surface area contributed by atoms with E-state index >= 15 is 0 Å². The van der Waals surface area contributed by atoms with Crippen molar-refractivity contribution in [3.05, 3.63) is 12.2 Å². The maximum absolute atomic E-state index is 9.19. The average molecular weight is 252 g/mol. The summed E-state index contributed by atoms with van der Waals surface area (Å²) >= 11 is 0. The molecule has 0 bridgehead atoms. The topological polar surface area (TPSA) is 80.7 Å². The molecule has 0 aromatic heterocycles. The minimum absolute atomic E-state index is 0.431. The van der Waals surface area contributed by atoms with E-state index < -0.39 is 10.1 Å². The fourth-order valence-electron chi connectivity index (χ4n) is 0.828. The fourth-order valence-corrected chi connectivity index (χ4v) is 0.828. The van der Waals surface area contributed by atoms with E-state index in [0.717, 1.165) is 0 Å². The van der Waals surface area contributed by atoms with Gasteiger partial charge in [0.1, 0.15) is 0 Å². The van der Waals surface area contributed by atoms with Crippen LogP contribution >= 0.6 is 0 Å². The van der Waals surface area contributed by atoms with Gasteiger partial charge in [-0.1, -0.05) is 12.2 Å². The van der Waals surface area contributed by atoms with Gasteiger partial charge in [-0.15, -0.1) is 0 Å². The van der Waals surface area contributed by atoms with E-state index in [9.17, 15) is 13.2 Å². The first-order valence-electron chi connectivity index (χ1n) is 5.04. The van der Waals surface area contributed by atoms with Gasteiger partial charge in [-0.25, -0.2) is 0 Å². The Balaban J connectivity index is 0. The number of carbonyl (C=O) groups is 1. The molecule has 0 radical (unpaired) electrons. The maximum atomic E-state index is 9.19. The van der Waals surface area contributed by atoms with E-state index in [2.05, 4.69) is 16.9 Å². The summed E-state index contributed by atoms with van der Waals surface area (Å²) in [5, 5.41) is 0. The standard InChI is InChI=1S/C6H10.C3H6O2.CH4O3S/c1-2-4-6-5-3-1;1-2-5-3-4;1-5(2,3)4/h1-2H,3-6H2;3H,2H2,1H3;1H3,(H,2,3,4). The largest absolute Gasteiger partial charge is 0.468 e. The molecule has 0 amide bonds. The second-order valence-corrected chi connectivity index (χ2v) is 4.51. The molecule has 0 unspecified atom stereocenters. The SMILES string of the molecule is C1=CCCCC1.CCOC=O.CS(=O)(=O)O. The van der Waals surface area contributed by atoms with E-state index in [1.165, 1.54) is 25.7 Å². The lowest BCUT2D eigenvalue weighted by atomic mass is 10.1. The number of allylic oxidation sites excluding steroid dienone is 2. The van der Waals surface area contributed by atoms with Crippen molar-refractivity contribution in [2.45, 2.75) is 32.6 Å². The van der Waals surface area contributed by atoms with Crippen LogP contribution in [0.1, 0.15) is 32.6 Å². The van der Waals surface area contributed by atoms with Crippen LogP contribution < -0.4 is 0 Å². The van der Waals surface area contributed by atoms with Gasteiger partial charge in [0.25, 0.3) is 16.6 Å². The van der Waals surface area contributed by atoms with Gasteiger partial charge < -0.3 is 4.74 Å². The van der Waals surface area contributed by atoms with Crippen LogP contribution in [0.15, 0.2) is 12.2 Å². The first kappa shape index (κ1) is 17.5. The molecular weight excluding hydrogens is 232 g/mol. The van der Waals surface area contributed by atoms with Crippen LogP contribution in [0.4, 0.5) is 0 Å². The summed E-state index contributed by atoms with van der Waals surface area (Å²) in [5.74, 6) is 0. The van der Waals surface area contributed by atoms with Crippen LogP contribution in [-0.4, -0.2) is 32.3 Å². The molecule has 96 valence electrons. The van der Waals surface area contributed by atoms with Crippen molar-refractivity contribution in [1.29, 1.82) is 0 Å². The molecule has 1 rings (SSSR count). The lowest BCUT2D eigenvalue weighted by Crippen LogP contribution is -1.88. The van der Waals surface area contributed by atoms with Crippen molar-refractivity contribution in [1.82, 2.24) is 0 Å². The van der Waals surface area contributed by atoms with E-state index in [4.69, 9.17) is 4.55 Å². The highest BCUT2D eigenvalue weighted by molar-refractivity contribution is 7.85. The first-order chi connectivity index (χ1) is 7.41. The number of carbonyl (C=O) groups excluding carboxylic acids is 1. The summed E-state index contributed by atoms with van der Waals surface area (Å²) in [6, 6.07) is 0. The Kier molecular flexibility index (Phi) is 13.3. The number of ether oxygens (including phenoxy) is 1. The van der Waals surface area contributed by atoms with E-state index in [1.54, 1.807) is 6.92 Å². The van der Waals surface area contributed by atoms with Crippen LogP contribution in [0, 0.1) is 0 Å². The second-order valence-electron chi connectivity index (χ2n) is 3.04. The van der Waals surface area contributed by atoms with Gasteiger partial charge in [0.15, 0.2) is 0 Å². The van der Waals surface area contributed by atoms with Crippen LogP contribution in [0.3, 0.4) is 0 Å². The van der Waals surface area contributed by atoms with Gasteiger partial charge in [0.05, 0.1) is 12.9 Å². The minimum Gasteiger partial charge on any atom is -0.468 e. The molecule has 1 aliphatic carbocycles. The van der Waals surface area contributed by atoms with Gasteiger partial charge in [-0.2, -0.15) is 8.42 Å². The van der Waals surface area contributed by atoms with Crippen molar-refractivity contribution < 1.29 is 22.5 Å². The van der Waals surface area contributed by atoms with Crippen LogP contribution in [0.25, 0.3) is 0 Å². The summed E-state index contributed by atoms with van der Waals surface area (Å²) in [6.07, 6.45) is 10.7. The zero-order valence-corrected chi connectivity index (χ0v) is 10.6. The predicted molar refractivity (Wildman–Crippen MR) is 62.8 cm³/mol. The van der Waals surface area contributed by atoms with E-state index in [0.29, 0.717) is 19.3 Å². The molecule has 0 aromatic carbocycles. The van der Waals surface area contributed by atoms with E-state index in [1.807, 2.05) is 0 Å². The summed E-state index contributed by atoms with van der Waals surface area (Å²) in [5.41, 5.74) is 0. The van der Waals surface area contributed by atoms with Crippen LogP contribution in [0.5, 0.6) is 0 Å². The predicted octanol–water partition coefficient (Wildman–Crippen LogP) is 1.80. The normalized spacial score (nSPS) is 13.7. The minimum atomic E-state index is -3.67. The third kappa shape index (κ3) is 38.0. The lowest BCUT2D eigenvalue weighted by molar-refractivity contribution is -0.128. The number of hydrogen-bond donors (Lipinski definition) is 1. The number of hydrogen-bond acceptors (Lipinski definition) is 4. The average Bonchev–Trinajstić information content (AvgIpc) is 2.20. The molecule has 0 fully saturated rings. The summed E-state index contributed by atoms with van der Waals surface area (Å²) in [6.45, 7) is 2.66. The molecule has 1 aliphatic rings. The summed E-state index contributed by atoms with van der Waals surface area (Å²) in [7, 11) is -3.67. The molecule has 0 aromatic rings. The summed E-state index contributed by atoms with van der Waals surface area (Å²) < 4.78 is 30.0. The highest BCUT2D eigenvalue weighted by atomic mass is 32.2. The molecular formula is C10H20O5S. The third-order valence-corrected chi connectivity index (χ3v) is 1.39. The van der Waals surface area contributed by atoms with Gasteiger partial charge in [0, 0.05) is 0 Å². The maximum Gasteiger partial charge on any atom is 0.293 e. The Morgan fingerprint density at radius 2 is 1.69 bits per heavy atom. The molecule has 0 heterocycles. The summed E-state index contributed by atoms with van der Waals surface area (Å²) in [4.78, 5) is 9.18. The van der Waals surface area contributed by atoms with Crippen molar-refractivity contribution in [3.8, 4) is 0 Å². The van der Waals surface area contributed by atoms with Crippen molar-refractivity contribution in [3.63, 3.8) is 0 Å². The Morgan fingerprint density at radius 1 is 1.31 bits per heavy atom. The molecule has 0 saturated heterocycles. The van der Waals surface area contributed by atoms with Gasteiger partial charge >= 0.3 is 0 Å². The molecule has 16 heavy (non-hydrogen) atoms. The molecule has 0 spiro atoms. The highest BCUT2D eigenvalue weighted by Crippen LogP contribution is 2.07. The van der Waals surface area contributed by atoms with Gasteiger partial charge in [-0.05, 0) is 32.6 Å². The Morgan fingerprint density at radius 3 is 1.75 bits per heavy atom.